The molecule has 3 fully saturated rings. The van der Waals surface area contributed by atoms with Gasteiger partial charge in [-0.3, -0.25) is 19.4 Å². The second kappa shape index (κ2) is 12.9. The predicted molar refractivity (Wildman–Crippen MR) is 124 cm³/mol. The van der Waals surface area contributed by atoms with Gasteiger partial charge in [-0.2, -0.15) is 0 Å². The summed E-state index contributed by atoms with van der Waals surface area (Å²) < 4.78 is 0. The van der Waals surface area contributed by atoms with Gasteiger partial charge in [0.05, 0.1) is 6.10 Å². The fourth-order valence-electron chi connectivity index (χ4n) is 5.49. The maximum Gasteiger partial charge on any atom is 0.290 e. The molecular weight excluding hydrogens is 408 g/mol. The highest BCUT2D eigenvalue weighted by Gasteiger charge is 2.40. The molecule has 180 valence electrons. The number of carbonyl (C=O) groups is 2. The molecule has 1 aromatic rings. The van der Waals surface area contributed by atoms with Gasteiger partial charge in [0.1, 0.15) is 0 Å². The van der Waals surface area contributed by atoms with E-state index >= 15 is 0 Å². The number of benzene rings is 1. The second-order valence-electron chi connectivity index (χ2n) is 9.71. The Hall–Kier alpha value is -1.96. The zero-order valence-corrected chi connectivity index (χ0v) is 19.7. The normalized spacial score (nSPS) is 25.8. The van der Waals surface area contributed by atoms with Gasteiger partial charge in [-0.05, 0) is 92.6 Å². The van der Waals surface area contributed by atoms with Crippen LogP contribution in [0.25, 0.3) is 0 Å². The summed E-state index contributed by atoms with van der Waals surface area (Å²) in [6.45, 7) is 13.5. The zero-order chi connectivity index (χ0) is 23.7. The van der Waals surface area contributed by atoms with E-state index in [0.717, 1.165) is 43.7 Å². The average Bonchev–Trinajstić information content (AvgIpc) is 3.25. The number of fused-ring (bicyclic) bond motifs is 1. The number of aryl methyl sites for hydroxylation is 2. The first-order chi connectivity index (χ1) is 15.3. The number of carboxylic acid groups (broad SMARTS) is 2. The van der Waals surface area contributed by atoms with Crippen LogP contribution in [0.3, 0.4) is 0 Å². The number of hydrogen-bond donors (Lipinski definition) is 3. The Morgan fingerprint density at radius 1 is 0.875 bits per heavy atom. The van der Waals surface area contributed by atoms with Crippen molar-refractivity contribution in [2.75, 3.05) is 26.2 Å². The van der Waals surface area contributed by atoms with Crippen LogP contribution in [0.1, 0.15) is 54.9 Å². The molecule has 1 aliphatic carbocycles. The molecule has 2 aliphatic heterocycles. The van der Waals surface area contributed by atoms with Crippen molar-refractivity contribution in [1.29, 1.82) is 0 Å². The summed E-state index contributed by atoms with van der Waals surface area (Å²) in [6, 6.07) is 4.89. The molecule has 2 heterocycles. The Balaban J connectivity index is 0.000000547. The van der Waals surface area contributed by atoms with Crippen molar-refractivity contribution in [1.82, 2.24) is 9.80 Å². The summed E-state index contributed by atoms with van der Waals surface area (Å²) in [6.07, 6.45) is 4.70. The molecule has 3 atom stereocenters. The molecule has 7 heteroatoms. The smallest absolute Gasteiger partial charge is 0.290 e. The fourth-order valence-corrected chi connectivity index (χ4v) is 5.49. The van der Waals surface area contributed by atoms with Gasteiger partial charge in [-0.15, -0.1) is 0 Å². The van der Waals surface area contributed by atoms with Crippen LogP contribution in [0, 0.1) is 31.6 Å². The Kier molecular flexibility index (Phi) is 10.6. The molecule has 0 amide bonds. The third-order valence-corrected chi connectivity index (χ3v) is 7.26. The van der Waals surface area contributed by atoms with E-state index in [1.165, 1.54) is 61.3 Å². The van der Waals surface area contributed by atoms with Gasteiger partial charge >= 0.3 is 0 Å². The lowest BCUT2D eigenvalue weighted by atomic mass is 9.96. The lowest BCUT2D eigenvalue weighted by molar-refractivity contribution is -0.123. The van der Waals surface area contributed by atoms with Crippen LogP contribution >= 0.6 is 0 Å². The largest absolute Gasteiger partial charge is 0.483 e. The van der Waals surface area contributed by atoms with Gasteiger partial charge in [0.15, 0.2) is 0 Å². The van der Waals surface area contributed by atoms with E-state index in [0.29, 0.717) is 0 Å². The van der Waals surface area contributed by atoms with Crippen molar-refractivity contribution < 1.29 is 24.9 Å². The maximum atomic E-state index is 9.87. The van der Waals surface area contributed by atoms with Crippen molar-refractivity contribution in [3.05, 3.63) is 34.4 Å². The molecule has 2 saturated heterocycles. The molecule has 0 aromatic heterocycles. The van der Waals surface area contributed by atoms with Crippen LogP contribution in [0.2, 0.25) is 0 Å². The number of nitrogens with zero attached hydrogens (tertiary/aromatic N) is 2. The fraction of sp³-hybridized carbons (Fsp3) is 0.680. The molecule has 0 spiro atoms. The number of piperidine rings is 1. The lowest BCUT2D eigenvalue weighted by Gasteiger charge is -2.31. The Labute approximate surface area is 192 Å². The van der Waals surface area contributed by atoms with Crippen LogP contribution in [0.5, 0.6) is 0 Å². The van der Waals surface area contributed by atoms with Gasteiger partial charge < -0.3 is 15.3 Å². The number of aliphatic hydroxyl groups excluding tert-OH is 1. The Morgan fingerprint density at radius 3 is 1.78 bits per heavy atom. The SMILES string of the molecule is Cc1cc(C)c(CN2C[C@H]3CC(O)C[C@H]3C2)cc1CN1CCC(C)CC1.O=CO.O=CO. The van der Waals surface area contributed by atoms with Gasteiger partial charge in [0, 0.05) is 26.2 Å². The van der Waals surface area contributed by atoms with E-state index in [4.69, 9.17) is 19.8 Å². The molecule has 0 radical (unpaired) electrons. The first kappa shape index (κ1) is 26.3. The van der Waals surface area contributed by atoms with E-state index < -0.39 is 0 Å². The molecule has 3 N–H and O–H groups in total. The molecule has 4 rings (SSSR count). The molecule has 1 aromatic carbocycles. The van der Waals surface area contributed by atoms with Crippen LogP contribution in [-0.4, -0.2) is 70.3 Å². The number of rotatable bonds is 4. The van der Waals surface area contributed by atoms with Gasteiger partial charge in [0.2, 0.25) is 0 Å². The molecule has 1 saturated carbocycles. The summed E-state index contributed by atoms with van der Waals surface area (Å²) in [5.41, 5.74) is 5.92. The topological polar surface area (TPSA) is 101 Å². The lowest BCUT2D eigenvalue weighted by Crippen LogP contribution is -2.32. The maximum absolute atomic E-state index is 9.87. The summed E-state index contributed by atoms with van der Waals surface area (Å²) in [5, 5.41) is 23.6. The molecule has 1 unspecified atom stereocenters. The zero-order valence-electron chi connectivity index (χ0n) is 19.7. The molecule has 0 bridgehead atoms. The highest BCUT2D eigenvalue weighted by Crippen LogP contribution is 2.38. The minimum atomic E-state index is -0.250. The van der Waals surface area contributed by atoms with Crippen molar-refractivity contribution in [3.8, 4) is 0 Å². The molecule has 7 nitrogen and oxygen atoms in total. The van der Waals surface area contributed by atoms with Gasteiger partial charge in [-0.25, -0.2) is 0 Å². The van der Waals surface area contributed by atoms with E-state index in [1.54, 1.807) is 0 Å². The first-order valence-corrected chi connectivity index (χ1v) is 11.7. The highest BCUT2D eigenvalue weighted by molar-refractivity contribution is 5.37. The van der Waals surface area contributed by atoms with Gasteiger partial charge in [-0.1, -0.05) is 19.1 Å². The minimum Gasteiger partial charge on any atom is -0.483 e. The number of likely N-dealkylation sites (tertiary alicyclic amines) is 2. The summed E-state index contributed by atoms with van der Waals surface area (Å²) in [5.74, 6) is 2.35. The summed E-state index contributed by atoms with van der Waals surface area (Å²) >= 11 is 0. The van der Waals surface area contributed by atoms with Crippen molar-refractivity contribution in [2.24, 2.45) is 17.8 Å². The monoisotopic (exact) mass is 448 g/mol. The third kappa shape index (κ3) is 7.57. The van der Waals surface area contributed by atoms with E-state index in [9.17, 15) is 5.11 Å². The molecule has 3 aliphatic rings. The van der Waals surface area contributed by atoms with Crippen LogP contribution in [0.4, 0.5) is 0 Å². The van der Waals surface area contributed by atoms with Crippen LogP contribution in [-0.2, 0) is 22.7 Å². The van der Waals surface area contributed by atoms with E-state index in [2.05, 4.69) is 42.7 Å². The summed E-state index contributed by atoms with van der Waals surface area (Å²) in [7, 11) is 0. The van der Waals surface area contributed by atoms with Crippen molar-refractivity contribution >= 4 is 12.9 Å². The van der Waals surface area contributed by atoms with E-state index in [1.807, 2.05) is 0 Å². The van der Waals surface area contributed by atoms with Crippen molar-refractivity contribution in [2.45, 2.75) is 65.6 Å². The molecular formula is C25H40N2O5. The molecule has 32 heavy (non-hydrogen) atoms. The first-order valence-electron chi connectivity index (χ1n) is 11.7. The summed E-state index contributed by atoms with van der Waals surface area (Å²) in [4.78, 5) is 22.0. The minimum absolute atomic E-state index is 0.0351. The van der Waals surface area contributed by atoms with Crippen LogP contribution < -0.4 is 0 Å². The predicted octanol–water partition coefficient (Wildman–Crippen LogP) is 3.14. The second-order valence-corrected chi connectivity index (χ2v) is 9.71. The standard InChI is InChI=1S/C23H36N2O.2CH2O2/c1-16-4-6-24(7-5-16)12-19-9-20(18(3)8-17(19)2)13-25-14-21-10-23(26)11-22(21)15-25;2*2-1-3/h8-9,16,21-23,26H,4-7,10-15H2,1-3H3;2*1H,(H,2,3)/t21-,22+,23?;;. The number of aliphatic hydroxyl groups is 1. The van der Waals surface area contributed by atoms with Crippen LogP contribution in [0.15, 0.2) is 12.1 Å². The van der Waals surface area contributed by atoms with E-state index in [-0.39, 0.29) is 19.0 Å². The average molecular weight is 449 g/mol. The van der Waals surface area contributed by atoms with Gasteiger partial charge in [0.25, 0.3) is 12.9 Å². The highest BCUT2D eigenvalue weighted by atomic mass is 16.3. The number of hydrogen-bond acceptors (Lipinski definition) is 5. The van der Waals surface area contributed by atoms with Crippen molar-refractivity contribution in [3.63, 3.8) is 0 Å². The quantitative estimate of drug-likeness (QED) is 0.608. The Morgan fingerprint density at radius 2 is 1.31 bits per heavy atom. The Bertz CT molecular complexity index is 713. The third-order valence-electron chi connectivity index (χ3n) is 7.26.